The lowest BCUT2D eigenvalue weighted by Gasteiger charge is -2.35. The second-order valence-electron chi connectivity index (χ2n) is 6.25. The Balaban J connectivity index is 0.00000264. The second-order valence-corrected chi connectivity index (χ2v) is 6.25. The molecule has 1 aromatic heterocycles. The van der Waals surface area contributed by atoms with Crippen LogP contribution in [-0.2, 0) is 6.54 Å². The molecule has 0 bridgehead atoms. The summed E-state index contributed by atoms with van der Waals surface area (Å²) in [7, 11) is 0. The van der Waals surface area contributed by atoms with Gasteiger partial charge in [0, 0.05) is 25.7 Å². The summed E-state index contributed by atoms with van der Waals surface area (Å²) in [5, 5.41) is 6.79. The molecule has 0 saturated carbocycles. The molecule has 1 unspecified atom stereocenters. The molecule has 1 saturated heterocycles. The van der Waals surface area contributed by atoms with Gasteiger partial charge in [-0.2, -0.15) is 0 Å². The van der Waals surface area contributed by atoms with E-state index >= 15 is 0 Å². The van der Waals surface area contributed by atoms with Crippen molar-refractivity contribution in [3.8, 4) is 0 Å². The molecule has 1 atom stereocenters. The van der Waals surface area contributed by atoms with Gasteiger partial charge in [-0.15, -0.1) is 24.0 Å². The van der Waals surface area contributed by atoms with E-state index in [4.69, 9.17) is 4.42 Å². The maximum Gasteiger partial charge on any atom is 0.191 e. The third kappa shape index (κ3) is 7.12. The van der Waals surface area contributed by atoms with Gasteiger partial charge in [0.2, 0.25) is 0 Å². The van der Waals surface area contributed by atoms with Crippen LogP contribution in [0.1, 0.15) is 39.4 Å². The third-order valence-electron chi connectivity index (χ3n) is 4.16. The average molecular weight is 434 g/mol. The highest BCUT2D eigenvalue weighted by Gasteiger charge is 2.21. The first kappa shape index (κ1) is 20.3. The van der Waals surface area contributed by atoms with E-state index in [-0.39, 0.29) is 24.0 Å². The molecule has 0 aromatic carbocycles. The Morgan fingerprint density at radius 3 is 2.91 bits per heavy atom. The van der Waals surface area contributed by atoms with Crippen molar-refractivity contribution in [2.75, 3.05) is 26.2 Å². The van der Waals surface area contributed by atoms with Crippen LogP contribution in [0.3, 0.4) is 0 Å². The minimum Gasteiger partial charge on any atom is -0.467 e. The van der Waals surface area contributed by atoms with Crippen LogP contribution in [0.4, 0.5) is 0 Å². The molecule has 6 heteroatoms. The lowest BCUT2D eigenvalue weighted by atomic mass is 9.97. The smallest absolute Gasteiger partial charge is 0.191 e. The van der Waals surface area contributed by atoms with Crippen molar-refractivity contribution in [2.45, 2.75) is 46.2 Å². The Morgan fingerprint density at radius 1 is 1.43 bits per heavy atom. The summed E-state index contributed by atoms with van der Waals surface area (Å²) in [5.41, 5.74) is 0. The van der Waals surface area contributed by atoms with Crippen LogP contribution in [0.15, 0.2) is 27.8 Å². The molecule has 2 heterocycles. The standard InChI is InChI=1S/C17H30N4O.HI/c1-4-18-17(20-12-16-8-6-10-22-16)19-11-15-7-5-9-21(13-15)14(2)3;/h6,8,10,14-15H,4-5,7,9,11-13H2,1-3H3,(H2,18,19,20);1H. The largest absolute Gasteiger partial charge is 0.467 e. The van der Waals surface area contributed by atoms with Crippen molar-refractivity contribution in [1.82, 2.24) is 15.5 Å². The van der Waals surface area contributed by atoms with E-state index in [1.54, 1.807) is 6.26 Å². The summed E-state index contributed by atoms with van der Waals surface area (Å²) in [4.78, 5) is 7.15. The van der Waals surface area contributed by atoms with Gasteiger partial charge in [-0.1, -0.05) is 0 Å². The van der Waals surface area contributed by atoms with E-state index < -0.39 is 0 Å². The van der Waals surface area contributed by atoms with E-state index in [9.17, 15) is 0 Å². The van der Waals surface area contributed by atoms with Crippen molar-refractivity contribution < 1.29 is 4.42 Å². The summed E-state index contributed by atoms with van der Waals surface area (Å²) < 4.78 is 5.33. The number of nitrogens with one attached hydrogen (secondary N) is 2. The van der Waals surface area contributed by atoms with Crippen LogP contribution in [0.5, 0.6) is 0 Å². The fraction of sp³-hybridized carbons (Fsp3) is 0.706. The third-order valence-corrected chi connectivity index (χ3v) is 4.16. The van der Waals surface area contributed by atoms with E-state index in [0.29, 0.717) is 18.5 Å². The first-order chi connectivity index (χ1) is 10.7. The predicted molar refractivity (Wildman–Crippen MR) is 106 cm³/mol. The van der Waals surface area contributed by atoms with E-state index in [2.05, 4.69) is 41.3 Å². The fourth-order valence-electron chi connectivity index (χ4n) is 2.88. The fourth-order valence-corrected chi connectivity index (χ4v) is 2.88. The van der Waals surface area contributed by atoms with Gasteiger partial charge in [0.15, 0.2) is 5.96 Å². The molecule has 2 N–H and O–H groups in total. The highest BCUT2D eigenvalue weighted by atomic mass is 127. The predicted octanol–water partition coefficient (Wildman–Crippen LogP) is 3.07. The van der Waals surface area contributed by atoms with Gasteiger partial charge < -0.3 is 20.0 Å². The molecule has 5 nitrogen and oxygen atoms in total. The Hall–Kier alpha value is -0.760. The number of furan rings is 1. The van der Waals surface area contributed by atoms with E-state index in [1.165, 1.54) is 25.9 Å². The molecule has 0 radical (unpaired) electrons. The van der Waals surface area contributed by atoms with Crippen molar-refractivity contribution in [3.05, 3.63) is 24.2 Å². The van der Waals surface area contributed by atoms with E-state index in [0.717, 1.165) is 24.8 Å². The highest BCUT2D eigenvalue weighted by Crippen LogP contribution is 2.17. The van der Waals surface area contributed by atoms with Crippen molar-refractivity contribution >= 4 is 29.9 Å². The number of likely N-dealkylation sites (tertiary alicyclic amines) is 1. The molecule has 1 aliphatic heterocycles. The molecule has 2 rings (SSSR count). The van der Waals surface area contributed by atoms with Crippen LogP contribution in [0.25, 0.3) is 0 Å². The Kier molecular flexibility index (Phi) is 9.62. The van der Waals surface area contributed by atoms with Gasteiger partial charge in [0.25, 0.3) is 0 Å². The molecule has 23 heavy (non-hydrogen) atoms. The molecule has 0 spiro atoms. The van der Waals surface area contributed by atoms with Crippen LogP contribution in [-0.4, -0.2) is 43.1 Å². The minimum absolute atomic E-state index is 0. The van der Waals surface area contributed by atoms with Crippen molar-refractivity contribution in [1.29, 1.82) is 0 Å². The van der Waals surface area contributed by atoms with Crippen LogP contribution < -0.4 is 10.6 Å². The van der Waals surface area contributed by atoms with Gasteiger partial charge in [0.1, 0.15) is 12.3 Å². The molecular weight excluding hydrogens is 403 g/mol. The molecule has 1 fully saturated rings. The Bertz CT molecular complexity index is 447. The van der Waals surface area contributed by atoms with Gasteiger partial charge in [-0.3, -0.25) is 0 Å². The molecule has 0 aliphatic carbocycles. The number of piperidine rings is 1. The molecule has 1 aromatic rings. The van der Waals surface area contributed by atoms with Crippen LogP contribution in [0.2, 0.25) is 0 Å². The normalized spacial score (nSPS) is 19.5. The Morgan fingerprint density at radius 2 is 2.26 bits per heavy atom. The zero-order chi connectivity index (χ0) is 15.8. The number of nitrogens with zero attached hydrogens (tertiary/aromatic N) is 2. The average Bonchev–Trinajstić information content (AvgIpc) is 3.03. The second kappa shape index (κ2) is 10.9. The highest BCUT2D eigenvalue weighted by molar-refractivity contribution is 14.0. The molecule has 0 amide bonds. The van der Waals surface area contributed by atoms with Gasteiger partial charge in [-0.25, -0.2) is 4.99 Å². The summed E-state index contributed by atoms with van der Waals surface area (Å²) in [6, 6.07) is 4.49. The molecule has 1 aliphatic rings. The SMILES string of the molecule is CCNC(=NCc1ccco1)NCC1CCCN(C(C)C)C1.I. The maximum absolute atomic E-state index is 5.33. The molecular formula is C17H31IN4O. The van der Waals surface area contributed by atoms with Gasteiger partial charge >= 0.3 is 0 Å². The van der Waals surface area contributed by atoms with Crippen LogP contribution in [0, 0.1) is 5.92 Å². The van der Waals surface area contributed by atoms with E-state index in [1.807, 2.05) is 12.1 Å². The number of hydrogen-bond acceptors (Lipinski definition) is 3. The number of guanidine groups is 1. The number of rotatable bonds is 6. The Labute approximate surface area is 157 Å². The molecule has 132 valence electrons. The first-order valence-electron chi connectivity index (χ1n) is 8.47. The monoisotopic (exact) mass is 434 g/mol. The van der Waals surface area contributed by atoms with Crippen molar-refractivity contribution in [2.24, 2.45) is 10.9 Å². The minimum atomic E-state index is 0. The lowest BCUT2D eigenvalue weighted by molar-refractivity contribution is 0.141. The van der Waals surface area contributed by atoms with Crippen molar-refractivity contribution in [3.63, 3.8) is 0 Å². The topological polar surface area (TPSA) is 52.8 Å². The summed E-state index contributed by atoms with van der Waals surface area (Å²) in [5.74, 6) is 2.46. The summed E-state index contributed by atoms with van der Waals surface area (Å²) in [6.07, 6.45) is 4.28. The van der Waals surface area contributed by atoms with Crippen LogP contribution >= 0.6 is 24.0 Å². The quantitative estimate of drug-likeness (QED) is 0.411. The zero-order valence-electron chi connectivity index (χ0n) is 14.5. The maximum atomic E-state index is 5.33. The zero-order valence-corrected chi connectivity index (χ0v) is 16.9. The van der Waals surface area contributed by atoms with Gasteiger partial charge in [-0.05, 0) is 58.2 Å². The first-order valence-corrected chi connectivity index (χ1v) is 8.47. The number of hydrogen-bond donors (Lipinski definition) is 2. The number of aliphatic imine (C=N–C) groups is 1. The lowest BCUT2D eigenvalue weighted by Crippen LogP contribution is -2.46. The van der Waals surface area contributed by atoms with Gasteiger partial charge in [0.05, 0.1) is 6.26 Å². The summed E-state index contributed by atoms with van der Waals surface area (Å²) >= 11 is 0. The number of halogens is 1. The summed E-state index contributed by atoms with van der Waals surface area (Å²) in [6.45, 7) is 11.5.